The van der Waals surface area contributed by atoms with E-state index in [0.717, 1.165) is 34.5 Å². The van der Waals surface area contributed by atoms with Gasteiger partial charge in [-0.1, -0.05) is 0 Å². The fourth-order valence-electron chi connectivity index (χ4n) is 5.57. The number of carbonyl (C=O) groups excluding carboxylic acids is 1. The molecule has 4 nitrogen and oxygen atoms in total. The van der Waals surface area contributed by atoms with E-state index in [-0.39, 0.29) is 5.91 Å². The molecule has 4 fully saturated rings. The highest BCUT2D eigenvalue weighted by atomic mass is 79.9. The van der Waals surface area contributed by atoms with Crippen LogP contribution in [0, 0.1) is 30.1 Å². The number of carbonyl (C=O) groups is 1. The zero-order valence-corrected chi connectivity index (χ0v) is 14.7. The lowest BCUT2D eigenvalue weighted by Crippen LogP contribution is -2.51. The van der Waals surface area contributed by atoms with E-state index in [1.807, 2.05) is 13.1 Å². The van der Waals surface area contributed by atoms with Crippen molar-refractivity contribution in [3.63, 3.8) is 0 Å². The van der Waals surface area contributed by atoms with Crippen LogP contribution in [0.25, 0.3) is 0 Å². The van der Waals surface area contributed by atoms with Gasteiger partial charge in [-0.25, -0.2) is 0 Å². The Kier molecular flexibility index (Phi) is 3.59. The summed E-state index contributed by atoms with van der Waals surface area (Å²) in [6, 6.07) is 0. The molecule has 1 amide bonds. The van der Waals surface area contributed by atoms with Crippen molar-refractivity contribution in [1.29, 1.82) is 0 Å². The maximum atomic E-state index is 12.2. The molecule has 5 rings (SSSR count). The first kappa shape index (κ1) is 14.7. The standard InChI is InChI=1S/C17H24BrN3O/c1-11-15(18)8-21(20-11)9-16(22)19-10-17-5-12-2-13(6-17)4-14(3-12)7-17/h8,12-14H,2-7,9-10H2,1H3,(H,19,22). The van der Waals surface area contributed by atoms with Gasteiger partial charge in [-0.2, -0.15) is 5.10 Å². The Morgan fingerprint density at radius 3 is 2.41 bits per heavy atom. The molecule has 4 aliphatic rings. The fourth-order valence-corrected chi connectivity index (χ4v) is 5.89. The van der Waals surface area contributed by atoms with Crippen LogP contribution in [0.2, 0.25) is 0 Å². The highest BCUT2D eigenvalue weighted by Gasteiger charge is 2.50. The highest BCUT2D eigenvalue weighted by Crippen LogP contribution is 2.59. The molecule has 1 heterocycles. The van der Waals surface area contributed by atoms with Crippen LogP contribution in [0.4, 0.5) is 0 Å². The topological polar surface area (TPSA) is 46.9 Å². The number of nitrogens with one attached hydrogen (secondary N) is 1. The lowest BCUT2D eigenvalue weighted by Gasteiger charge is -2.56. The minimum absolute atomic E-state index is 0.0887. The molecule has 1 N–H and O–H groups in total. The van der Waals surface area contributed by atoms with E-state index in [2.05, 4.69) is 26.3 Å². The maximum Gasteiger partial charge on any atom is 0.241 e. The maximum absolute atomic E-state index is 12.2. The summed E-state index contributed by atoms with van der Waals surface area (Å²) in [5, 5.41) is 7.54. The van der Waals surface area contributed by atoms with Crippen molar-refractivity contribution in [1.82, 2.24) is 15.1 Å². The molecular weight excluding hydrogens is 342 g/mol. The van der Waals surface area contributed by atoms with Crippen molar-refractivity contribution in [3.8, 4) is 0 Å². The minimum Gasteiger partial charge on any atom is -0.354 e. The summed E-state index contributed by atoms with van der Waals surface area (Å²) in [5.74, 6) is 2.90. The van der Waals surface area contributed by atoms with Gasteiger partial charge in [0.2, 0.25) is 5.91 Å². The Morgan fingerprint density at radius 2 is 1.91 bits per heavy atom. The Morgan fingerprint density at radius 1 is 1.32 bits per heavy atom. The van der Waals surface area contributed by atoms with Crippen LogP contribution in [-0.2, 0) is 11.3 Å². The van der Waals surface area contributed by atoms with Gasteiger partial charge in [0.1, 0.15) is 6.54 Å². The van der Waals surface area contributed by atoms with E-state index in [1.54, 1.807) is 4.68 Å². The molecule has 1 aromatic rings. The molecule has 0 aromatic carbocycles. The summed E-state index contributed by atoms with van der Waals surface area (Å²) >= 11 is 3.44. The molecule has 5 heteroatoms. The molecule has 4 aliphatic carbocycles. The first-order valence-electron chi connectivity index (χ1n) is 8.48. The quantitative estimate of drug-likeness (QED) is 0.889. The molecule has 4 saturated carbocycles. The molecule has 22 heavy (non-hydrogen) atoms. The Labute approximate surface area is 140 Å². The average molecular weight is 366 g/mol. The predicted octanol–water partition coefficient (Wildman–Crippen LogP) is 3.29. The van der Waals surface area contributed by atoms with Crippen LogP contribution in [-0.4, -0.2) is 22.2 Å². The molecular formula is C17H24BrN3O. The van der Waals surface area contributed by atoms with Crippen molar-refractivity contribution in [2.45, 2.75) is 52.0 Å². The molecule has 0 unspecified atom stereocenters. The van der Waals surface area contributed by atoms with E-state index in [1.165, 1.54) is 38.5 Å². The number of rotatable bonds is 4. The summed E-state index contributed by atoms with van der Waals surface area (Å²) < 4.78 is 2.68. The number of halogens is 1. The third-order valence-corrected chi connectivity index (χ3v) is 6.80. The van der Waals surface area contributed by atoms with Crippen LogP contribution in [0.1, 0.15) is 44.2 Å². The Balaban J connectivity index is 1.35. The molecule has 0 spiro atoms. The summed E-state index contributed by atoms with van der Waals surface area (Å²) in [5.41, 5.74) is 1.33. The van der Waals surface area contributed by atoms with E-state index in [9.17, 15) is 4.79 Å². The molecule has 0 radical (unpaired) electrons. The van der Waals surface area contributed by atoms with Crippen molar-refractivity contribution < 1.29 is 4.79 Å². The van der Waals surface area contributed by atoms with Crippen LogP contribution >= 0.6 is 15.9 Å². The van der Waals surface area contributed by atoms with Crippen molar-refractivity contribution in [2.75, 3.05) is 6.54 Å². The number of amides is 1. The second kappa shape index (κ2) is 5.36. The first-order valence-corrected chi connectivity index (χ1v) is 9.27. The first-order chi connectivity index (χ1) is 10.5. The van der Waals surface area contributed by atoms with Gasteiger partial charge in [-0.05, 0) is 84.5 Å². The molecule has 1 aromatic heterocycles. The van der Waals surface area contributed by atoms with Gasteiger partial charge in [0.25, 0.3) is 0 Å². The SMILES string of the molecule is Cc1nn(CC(=O)NCC23CC4CC(CC(C4)C2)C3)cc1Br. The van der Waals surface area contributed by atoms with Crippen LogP contribution < -0.4 is 5.32 Å². The summed E-state index contributed by atoms with van der Waals surface area (Å²) in [4.78, 5) is 12.2. The van der Waals surface area contributed by atoms with E-state index in [0.29, 0.717) is 12.0 Å². The number of hydrogen-bond acceptors (Lipinski definition) is 2. The predicted molar refractivity (Wildman–Crippen MR) is 88.3 cm³/mol. The van der Waals surface area contributed by atoms with Crippen molar-refractivity contribution in [3.05, 3.63) is 16.4 Å². The molecule has 0 aliphatic heterocycles. The van der Waals surface area contributed by atoms with E-state index < -0.39 is 0 Å². The van der Waals surface area contributed by atoms with Gasteiger partial charge in [-0.3, -0.25) is 9.48 Å². The third-order valence-electron chi connectivity index (χ3n) is 6.02. The smallest absolute Gasteiger partial charge is 0.241 e. The van der Waals surface area contributed by atoms with Crippen molar-refractivity contribution >= 4 is 21.8 Å². The van der Waals surface area contributed by atoms with Crippen LogP contribution in [0.5, 0.6) is 0 Å². The minimum atomic E-state index is 0.0887. The lowest BCUT2D eigenvalue weighted by atomic mass is 9.49. The number of nitrogens with zero attached hydrogens (tertiary/aromatic N) is 2. The Bertz CT molecular complexity index is 540. The number of hydrogen-bond donors (Lipinski definition) is 1. The number of aromatic nitrogens is 2. The normalized spacial score (nSPS) is 35.8. The van der Waals surface area contributed by atoms with Gasteiger partial charge < -0.3 is 5.32 Å². The monoisotopic (exact) mass is 365 g/mol. The summed E-state index contributed by atoms with van der Waals surface area (Å²) in [6.07, 6.45) is 10.2. The summed E-state index contributed by atoms with van der Waals surface area (Å²) in [7, 11) is 0. The average Bonchev–Trinajstić information content (AvgIpc) is 2.73. The summed E-state index contributed by atoms with van der Waals surface area (Å²) in [6.45, 7) is 3.13. The van der Waals surface area contributed by atoms with Gasteiger partial charge in [0.15, 0.2) is 0 Å². The molecule has 0 atom stereocenters. The van der Waals surface area contributed by atoms with Crippen molar-refractivity contribution in [2.24, 2.45) is 23.2 Å². The number of aryl methyl sites for hydroxylation is 1. The third kappa shape index (κ3) is 2.72. The van der Waals surface area contributed by atoms with Crippen LogP contribution in [0.15, 0.2) is 10.7 Å². The fraction of sp³-hybridized carbons (Fsp3) is 0.765. The second-order valence-electron chi connectivity index (χ2n) is 7.95. The van der Waals surface area contributed by atoms with Gasteiger partial charge in [0, 0.05) is 12.7 Å². The zero-order chi connectivity index (χ0) is 15.3. The Hall–Kier alpha value is -0.840. The van der Waals surface area contributed by atoms with Gasteiger partial charge >= 0.3 is 0 Å². The highest BCUT2D eigenvalue weighted by molar-refractivity contribution is 9.10. The van der Waals surface area contributed by atoms with Gasteiger partial charge in [-0.15, -0.1) is 0 Å². The van der Waals surface area contributed by atoms with Gasteiger partial charge in [0.05, 0.1) is 10.2 Å². The second-order valence-corrected chi connectivity index (χ2v) is 8.81. The van der Waals surface area contributed by atoms with Crippen LogP contribution in [0.3, 0.4) is 0 Å². The zero-order valence-electron chi connectivity index (χ0n) is 13.1. The van der Waals surface area contributed by atoms with E-state index >= 15 is 0 Å². The lowest BCUT2D eigenvalue weighted by molar-refractivity contribution is -0.124. The van der Waals surface area contributed by atoms with E-state index in [4.69, 9.17) is 0 Å². The molecule has 4 bridgehead atoms. The molecule has 0 saturated heterocycles. The largest absolute Gasteiger partial charge is 0.354 e. The molecule has 120 valence electrons.